The molecule has 0 spiro atoms. The average molecular weight is 612 g/mol. The monoisotopic (exact) mass is 611 g/mol. The maximum atomic E-state index is 14.0. The van der Waals surface area contributed by atoms with Crippen LogP contribution in [0.25, 0.3) is 11.3 Å². The molecule has 1 aliphatic heterocycles. The molecule has 0 aliphatic carbocycles. The van der Waals surface area contributed by atoms with Crippen molar-refractivity contribution in [2.45, 2.75) is 25.9 Å². The lowest BCUT2D eigenvalue weighted by Gasteiger charge is -2.37. The zero-order valence-electron chi connectivity index (χ0n) is 25.2. The summed E-state index contributed by atoms with van der Waals surface area (Å²) >= 11 is 1.36. The Kier molecular flexibility index (Phi) is 8.50. The molecule has 5 rings (SSSR count). The van der Waals surface area contributed by atoms with Gasteiger partial charge in [0.2, 0.25) is 11.8 Å². The van der Waals surface area contributed by atoms with Gasteiger partial charge in [0.1, 0.15) is 22.8 Å². The van der Waals surface area contributed by atoms with Crippen molar-refractivity contribution in [1.29, 1.82) is 0 Å². The number of carbonyl (C=O) groups is 4. The van der Waals surface area contributed by atoms with Crippen LogP contribution in [0.1, 0.15) is 29.2 Å². The molecule has 0 radical (unpaired) electrons. The van der Waals surface area contributed by atoms with E-state index in [1.54, 1.807) is 57.4 Å². The Labute approximate surface area is 259 Å². The number of amides is 3. The number of anilines is 3. The van der Waals surface area contributed by atoms with Crippen LogP contribution >= 0.6 is 11.3 Å². The summed E-state index contributed by atoms with van der Waals surface area (Å²) in [7, 11) is 5.45. The molecule has 0 saturated heterocycles. The highest BCUT2D eigenvalue weighted by Gasteiger charge is 2.42. The molecule has 1 N–H and O–H groups in total. The van der Waals surface area contributed by atoms with Gasteiger partial charge < -0.3 is 19.9 Å². The van der Waals surface area contributed by atoms with Crippen LogP contribution in [0.4, 0.5) is 17.1 Å². The standard InChI is InChI=1S/C33H33N5O5S/c1-33(2,32(42)34-22-12-14-23(15-13-22)36(3)4)38(18-28-35-26(20-44-28)21-10-16-24(43-5)17-11-21)29(39)19-37-27-9-7-6-8-25(27)30(40)31(37)41/h6-17,20H,18-19H2,1-5H3,(H,34,42). The molecule has 0 saturated carbocycles. The van der Waals surface area contributed by atoms with Crippen molar-refractivity contribution < 1.29 is 23.9 Å². The predicted molar refractivity (Wildman–Crippen MR) is 171 cm³/mol. The van der Waals surface area contributed by atoms with E-state index in [0.29, 0.717) is 16.4 Å². The molecule has 0 atom stereocenters. The molecule has 2 heterocycles. The third kappa shape index (κ3) is 6.04. The van der Waals surface area contributed by atoms with Crippen LogP contribution in [0.5, 0.6) is 5.75 Å². The number of carbonyl (C=O) groups excluding carboxylic acids is 4. The van der Waals surface area contributed by atoms with E-state index in [1.807, 2.05) is 60.8 Å². The number of nitrogens with zero attached hydrogens (tertiary/aromatic N) is 4. The van der Waals surface area contributed by atoms with E-state index in [4.69, 9.17) is 9.72 Å². The number of benzene rings is 3. The summed E-state index contributed by atoms with van der Waals surface area (Å²) in [6.45, 7) is 2.90. The second-order valence-corrected chi connectivity index (χ2v) is 12.0. The first-order valence-electron chi connectivity index (χ1n) is 13.9. The van der Waals surface area contributed by atoms with Crippen molar-refractivity contribution in [3.63, 3.8) is 0 Å². The van der Waals surface area contributed by atoms with Crippen molar-refractivity contribution in [3.05, 3.63) is 88.7 Å². The third-order valence-electron chi connectivity index (χ3n) is 7.58. The van der Waals surface area contributed by atoms with Gasteiger partial charge >= 0.3 is 0 Å². The molecule has 0 unspecified atom stereocenters. The molecule has 3 amide bonds. The quantitative estimate of drug-likeness (QED) is 0.255. The van der Waals surface area contributed by atoms with Crippen molar-refractivity contribution in [2.75, 3.05) is 42.9 Å². The molecule has 1 aromatic heterocycles. The summed E-state index contributed by atoms with van der Waals surface area (Å²) in [5, 5.41) is 5.41. The fourth-order valence-electron chi connectivity index (χ4n) is 4.89. The van der Waals surface area contributed by atoms with Gasteiger partial charge in [0, 0.05) is 36.4 Å². The Morgan fingerprint density at radius 2 is 1.66 bits per heavy atom. The van der Waals surface area contributed by atoms with Crippen LogP contribution < -0.4 is 19.9 Å². The van der Waals surface area contributed by atoms with Gasteiger partial charge in [-0.2, -0.15) is 0 Å². The van der Waals surface area contributed by atoms with E-state index in [9.17, 15) is 19.2 Å². The Balaban J connectivity index is 1.43. The molecule has 3 aromatic carbocycles. The lowest BCUT2D eigenvalue weighted by molar-refractivity contribution is -0.143. The number of aromatic nitrogens is 1. The largest absolute Gasteiger partial charge is 0.497 e. The van der Waals surface area contributed by atoms with Gasteiger partial charge in [-0.3, -0.25) is 24.1 Å². The van der Waals surface area contributed by atoms with Gasteiger partial charge in [-0.1, -0.05) is 12.1 Å². The van der Waals surface area contributed by atoms with Gasteiger partial charge in [-0.05, 0) is 74.5 Å². The number of fused-ring (bicyclic) bond motifs is 1. The first-order chi connectivity index (χ1) is 21.0. The number of nitrogens with one attached hydrogen (secondary N) is 1. The number of Topliss-reactive ketones (excluding diaryl/α,β-unsaturated/α-hetero) is 1. The SMILES string of the molecule is COc1ccc(-c2csc(CN(C(=O)CN3C(=O)C(=O)c4ccccc43)C(C)(C)C(=O)Nc3ccc(N(C)C)cc3)n2)cc1. The highest BCUT2D eigenvalue weighted by atomic mass is 32.1. The second kappa shape index (κ2) is 12.3. The third-order valence-corrected chi connectivity index (χ3v) is 8.41. The maximum absolute atomic E-state index is 14.0. The van der Waals surface area contributed by atoms with Crippen LogP contribution in [0.2, 0.25) is 0 Å². The highest BCUT2D eigenvalue weighted by Crippen LogP contribution is 2.31. The number of thiazole rings is 1. The Morgan fingerprint density at radius 1 is 0.977 bits per heavy atom. The van der Waals surface area contributed by atoms with Gasteiger partial charge in [0.15, 0.2) is 0 Å². The number of hydrogen-bond acceptors (Lipinski definition) is 8. The molecular weight excluding hydrogens is 578 g/mol. The maximum Gasteiger partial charge on any atom is 0.299 e. The number of methoxy groups -OCH3 is 1. The summed E-state index contributed by atoms with van der Waals surface area (Å²) in [5.41, 5.74) is 2.40. The van der Waals surface area contributed by atoms with E-state index in [2.05, 4.69) is 5.32 Å². The molecule has 44 heavy (non-hydrogen) atoms. The minimum atomic E-state index is -1.37. The van der Waals surface area contributed by atoms with Crippen LogP contribution in [0, 0.1) is 0 Å². The van der Waals surface area contributed by atoms with E-state index in [1.165, 1.54) is 21.1 Å². The van der Waals surface area contributed by atoms with Crippen molar-refractivity contribution in [2.24, 2.45) is 0 Å². The molecular formula is C33H33N5O5S. The molecule has 0 bridgehead atoms. The number of hydrogen-bond donors (Lipinski definition) is 1. The number of rotatable bonds is 10. The normalized spacial score (nSPS) is 12.6. The van der Waals surface area contributed by atoms with E-state index in [-0.39, 0.29) is 12.1 Å². The van der Waals surface area contributed by atoms with Crippen LogP contribution in [0.15, 0.2) is 78.2 Å². The first kappa shape index (κ1) is 30.4. The average Bonchev–Trinajstić information content (AvgIpc) is 3.59. The highest BCUT2D eigenvalue weighted by molar-refractivity contribution is 7.09. The molecule has 10 nitrogen and oxygen atoms in total. The van der Waals surface area contributed by atoms with Crippen molar-refractivity contribution in [1.82, 2.24) is 9.88 Å². The van der Waals surface area contributed by atoms with Crippen molar-refractivity contribution >= 4 is 51.9 Å². The number of ketones is 1. The minimum Gasteiger partial charge on any atom is -0.497 e. The van der Waals surface area contributed by atoms with Crippen LogP contribution in [-0.2, 0) is 20.9 Å². The Hall–Kier alpha value is -5.03. The lowest BCUT2D eigenvalue weighted by atomic mass is 10.0. The summed E-state index contributed by atoms with van der Waals surface area (Å²) in [4.78, 5) is 62.6. The lowest BCUT2D eigenvalue weighted by Crippen LogP contribution is -2.57. The van der Waals surface area contributed by atoms with E-state index in [0.717, 1.165) is 22.7 Å². The molecule has 4 aromatic rings. The fraction of sp³-hybridized carbons (Fsp3) is 0.242. The summed E-state index contributed by atoms with van der Waals surface area (Å²) in [6, 6.07) is 21.4. The first-order valence-corrected chi connectivity index (χ1v) is 14.8. The number of para-hydroxylation sites is 1. The zero-order valence-corrected chi connectivity index (χ0v) is 26.0. The van der Waals surface area contributed by atoms with Crippen molar-refractivity contribution in [3.8, 4) is 17.0 Å². The van der Waals surface area contributed by atoms with Crippen LogP contribution in [-0.4, -0.2) is 66.7 Å². The Bertz CT molecular complexity index is 1710. The summed E-state index contributed by atoms with van der Waals surface area (Å²) < 4.78 is 5.25. The molecule has 0 fully saturated rings. The topological polar surface area (TPSA) is 112 Å². The molecule has 1 aliphatic rings. The fourth-order valence-corrected chi connectivity index (χ4v) is 5.68. The van der Waals surface area contributed by atoms with E-state index >= 15 is 0 Å². The molecule has 226 valence electrons. The minimum absolute atomic E-state index is 0.0112. The zero-order chi connectivity index (χ0) is 31.6. The van der Waals surface area contributed by atoms with E-state index < -0.39 is 35.6 Å². The second-order valence-electron chi connectivity index (χ2n) is 11.0. The molecule has 11 heteroatoms. The van der Waals surface area contributed by atoms with Gasteiger partial charge in [0.25, 0.3) is 11.7 Å². The smallest absolute Gasteiger partial charge is 0.299 e. The summed E-state index contributed by atoms with van der Waals surface area (Å²) in [6.07, 6.45) is 0. The van der Waals surface area contributed by atoms with Crippen LogP contribution in [0.3, 0.4) is 0 Å². The Morgan fingerprint density at radius 3 is 2.32 bits per heavy atom. The van der Waals surface area contributed by atoms with Gasteiger partial charge in [0.05, 0.1) is 30.6 Å². The van der Waals surface area contributed by atoms with Gasteiger partial charge in [-0.15, -0.1) is 11.3 Å². The number of ether oxygens (including phenoxy) is 1. The predicted octanol–water partition coefficient (Wildman–Crippen LogP) is 4.86. The van der Waals surface area contributed by atoms with Gasteiger partial charge in [-0.25, -0.2) is 4.98 Å². The summed E-state index contributed by atoms with van der Waals surface area (Å²) in [5.74, 6) is -1.64.